The molecule has 1 heterocycles. The number of hydrogen-bond acceptors (Lipinski definition) is 4. The molecule has 2 amide bonds. The topological polar surface area (TPSA) is 70.7 Å². The Morgan fingerprint density at radius 3 is 2.43 bits per heavy atom. The van der Waals surface area contributed by atoms with E-state index in [1.54, 1.807) is 12.1 Å². The van der Waals surface area contributed by atoms with Crippen molar-refractivity contribution in [3.8, 4) is 5.75 Å². The van der Waals surface area contributed by atoms with E-state index < -0.39 is 11.8 Å². The Kier molecular flexibility index (Phi) is 6.76. The lowest BCUT2D eigenvalue weighted by molar-refractivity contribution is -0.136. The minimum Gasteiger partial charge on any atom is -0.495 e. The Labute approximate surface area is 169 Å². The van der Waals surface area contributed by atoms with Gasteiger partial charge in [0.05, 0.1) is 12.1 Å². The van der Waals surface area contributed by atoms with Crippen LogP contribution in [0.25, 0.3) is 0 Å². The second-order valence-corrected chi connectivity index (χ2v) is 7.08. The van der Waals surface area contributed by atoms with E-state index in [0.29, 0.717) is 29.4 Å². The molecular weight excluding hydrogens is 378 g/mol. The van der Waals surface area contributed by atoms with E-state index in [1.165, 1.54) is 31.7 Å². The molecule has 1 saturated heterocycles. The zero-order valence-corrected chi connectivity index (χ0v) is 16.6. The van der Waals surface area contributed by atoms with E-state index in [2.05, 4.69) is 39.8 Å². The van der Waals surface area contributed by atoms with Crippen LogP contribution in [0.15, 0.2) is 42.5 Å². The van der Waals surface area contributed by atoms with Crippen LogP contribution in [-0.2, 0) is 16.0 Å². The third-order valence-electron chi connectivity index (χ3n) is 4.72. The number of methoxy groups -OCH3 is 1. The van der Waals surface area contributed by atoms with E-state index in [1.807, 2.05) is 0 Å². The first-order valence-electron chi connectivity index (χ1n) is 9.33. The molecule has 0 spiro atoms. The molecule has 0 saturated carbocycles. The number of amides is 2. The standard InChI is InChI=1S/C21H24ClN3O3/c1-28-19-9-6-16(14-18(19)22)24-21(27)20(26)23-11-10-15-4-7-17(8-5-15)25-12-2-3-13-25/h4-9,14H,2-3,10-13H2,1H3,(H,23,26)(H,24,27). The van der Waals surface area contributed by atoms with Crippen LogP contribution in [0, 0.1) is 0 Å². The van der Waals surface area contributed by atoms with Crippen molar-refractivity contribution in [3.63, 3.8) is 0 Å². The van der Waals surface area contributed by atoms with Gasteiger partial charge in [-0.15, -0.1) is 0 Å². The van der Waals surface area contributed by atoms with Crippen molar-refractivity contribution in [1.82, 2.24) is 5.32 Å². The Morgan fingerprint density at radius 2 is 1.79 bits per heavy atom. The largest absolute Gasteiger partial charge is 0.495 e. The maximum absolute atomic E-state index is 12.0. The number of rotatable bonds is 6. The highest BCUT2D eigenvalue weighted by molar-refractivity contribution is 6.40. The van der Waals surface area contributed by atoms with E-state index in [4.69, 9.17) is 16.3 Å². The fraction of sp³-hybridized carbons (Fsp3) is 0.333. The first-order valence-corrected chi connectivity index (χ1v) is 9.71. The molecule has 28 heavy (non-hydrogen) atoms. The number of hydrogen-bond donors (Lipinski definition) is 2. The molecule has 148 valence electrons. The summed E-state index contributed by atoms with van der Waals surface area (Å²) in [5, 5.41) is 5.52. The summed E-state index contributed by atoms with van der Waals surface area (Å²) >= 11 is 6.02. The third-order valence-corrected chi connectivity index (χ3v) is 5.02. The molecule has 0 unspecified atom stereocenters. The van der Waals surface area contributed by atoms with Crippen LogP contribution in [0.1, 0.15) is 18.4 Å². The van der Waals surface area contributed by atoms with Crippen molar-refractivity contribution in [3.05, 3.63) is 53.1 Å². The van der Waals surface area contributed by atoms with Crippen LogP contribution in [0.4, 0.5) is 11.4 Å². The van der Waals surface area contributed by atoms with Crippen LogP contribution < -0.4 is 20.3 Å². The van der Waals surface area contributed by atoms with Crippen molar-refractivity contribution >= 4 is 34.8 Å². The normalized spacial score (nSPS) is 13.3. The summed E-state index contributed by atoms with van der Waals surface area (Å²) in [6.07, 6.45) is 3.16. The van der Waals surface area contributed by atoms with Crippen molar-refractivity contribution in [1.29, 1.82) is 0 Å². The van der Waals surface area contributed by atoms with Crippen molar-refractivity contribution in [2.75, 3.05) is 37.0 Å². The molecule has 6 nitrogen and oxygen atoms in total. The number of carbonyl (C=O) groups excluding carboxylic acids is 2. The quantitative estimate of drug-likeness (QED) is 0.729. The zero-order valence-electron chi connectivity index (χ0n) is 15.8. The zero-order chi connectivity index (χ0) is 19.9. The van der Waals surface area contributed by atoms with Gasteiger partial charge >= 0.3 is 11.8 Å². The van der Waals surface area contributed by atoms with E-state index in [-0.39, 0.29) is 0 Å². The molecule has 0 aliphatic carbocycles. The van der Waals surface area contributed by atoms with Crippen LogP contribution in [0.3, 0.4) is 0 Å². The number of ether oxygens (including phenoxy) is 1. The predicted octanol–water partition coefficient (Wildman–Crippen LogP) is 3.25. The van der Waals surface area contributed by atoms with Crippen LogP contribution in [0.5, 0.6) is 5.75 Å². The first-order chi connectivity index (χ1) is 13.6. The molecule has 1 aliphatic heterocycles. The molecule has 1 aliphatic rings. The minimum absolute atomic E-state index is 0.359. The Morgan fingerprint density at radius 1 is 1.07 bits per heavy atom. The van der Waals surface area contributed by atoms with Gasteiger partial charge in [0, 0.05) is 31.0 Å². The summed E-state index contributed by atoms with van der Waals surface area (Å²) in [6.45, 7) is 2.62. The van der Waals surface area contributed by atoms with E-state index in [9.17, 15) is 9.59 Å². The fourth-order valence-corrected chi connectivity index (χ4v) is 3.44. The van der Waals surface area contributed by atoms with Gasteiger partial charge in [0.1, 0.15) is 5.75 Å². The monoisotopic (exact) mass is 401 g/mol. The molecule has 7 heteroatoms. The maximum atomic E-state index is 12.0. The van der Waals surface area contributed by atoms with Crippen molar-refractivity contribution < 1.29 is 14.3 Å². The second-order valence-electron chi connectivity index (χ2n) is 6.67. The van der Waals surface area contributed by atoms with Gasteiger partial charge in [-0.3, -0.25) is 9.59 Å². The number of anilines is 2. The van der Waals surface area contributed by atoms with Crippen LogP contribution in [-0.4, -0.2) is 38.6 Å². The van der Waals surface area contributed by atoms with Gasteiger partial charge in [0.25, 0.3) is 0 Å². The minimum atomic E-state index is -0.731. The van der Waals surface area contributed by atoms with Gasteiger partial charge in [-0.25, -0.2) is 0 Å². The second kappa shape index (κ2) is 9.46. The number of nitrogens with one attached hydrogen (secondary N) is 2. The Balaban J connectivity index is 1.44. The first kappa shape index (κ1) is 20.0. The summed E-state index contributed by atoms with van der Waals surface area (Å²) in [5.74, 6) is -0.911. The van der Waals surface area contributed by atoms with Crippen LogP contribution in [0.2, 0.25) is 5.02 Å². The smallest absolute Gasteiger partial charge is 0.313 e. The molecule has 1 fully saturated rings. The Bertz CT molecular complexity index is 833. The highest BCUT2D eigenvalue weighted by Crippen LogP contribution is 2.27. The lowest BCUT2D eigenvalue weighted by Gasteiger charge is -2.17. The molecule has 3 rings (SSSR count). The lowest BCUT2D eigenvalue weighted by Crippen LogP contribution is -2.36. The molecule has 2 aromatic carbocycles. The summed E-state index contributed by atoms with van der Waals surface area (Å²) in [4.78, 5) is 26.4. The average Bonchev–Trinajstić information content (AvgIpc) is 3.23. The molecule has 2 N–H and O–H groups in total. The SMILES string of the molecule is COc1ccc(NC(=O)C(=O)NCCc2ccc(N3CCCC3)cc2)cc1Cl. The van der Waals surface area contributed by atoms with Gasteiger partial charge < -0.3 is 20.3 Å². The lowest BCUT2D eigenvalue weighted by atomic mass is 10.1. The van der Waals surface area contributed by atoms with Gasteiger partial charge in [-0.05, 0) is 55.2 Å². The van der Waals surface area contributed by atoms with Gasteiger partial charge in [0.15, 0.2) is 0 Å². The highest BCUT2D eigenvalue weighted by Gasteiger charge is 2.14. The number of carbonyl (C=O) groups is 2. The van der Waals surface area contributed by atoms with Crippen LogP contribution >= 0.6 is 11.6 Å². The number of benzene rings is 2. The van der Waals surface area contributed by atoms with E-state index in [0.717, 1.165) is 18.7 Å². The molecular formula is C21H24ClN3O3. The maximum Gasteiger partial charge on any atom is 0.313 e. The average molecular weight is 402 g/mol. The summed E-state index contributed by atoms with van der Waals surface area (Å²) in [5.41, 5.74) is 2.79. The van der Waals surface area contributed by atoms with Crippen molar-refractivity contribution in [2.45, 2.75) is 19.3 Å². The van der Waals surface area contributed by atoms with Gasteiger partial charge in [-0.2, -0.15) is 0 Å². The molecule has 2 aromatic rings. The molecule has 0 atom stereocenters. The fourth-order valence-electron chi connectivity index (χ4n) is 3.18. The summed E-state index contributed by atoms with van der Waals surface area (Å²) in [6, 6.07) is 13.1. The van der Waals surface area contributed by atoms with Gasteiger partial charge in [0.2, 0.25) is 0 Å². The molecule has 0 bridgehead atoms. The predicted molar refractivity (Wildman–Crippen MR) is 111 cm³/mol. The van der Waals surface area contributed by atoms with Crippen molar-refractivity contribution in [2.24, 2.45) is 0 Å². The van der Waals surface area contributed by atoms with E-state index >= 15 is 0 Å². The molecule has 0 aromatic heterocycles. The van der Waals surface area contributed by atoms with Gasteiger partial charge in [-0.1, -0.05) is 23.7 Å². The number of nitrogens with zero attached hydrogens (tertiary/aromatic N) is 1. The summed E-state index contributed by atoms with van der Waals surface area (Å²) in [7, 11) is 1.51. The molecule has 0 radical (unpaired) electrons. The highest BCUT2D eigenvalue weighted by atomic mass is 35.5. The third kappa shape index (κ3) is 5.16. The number of halogens is 1. The summed E-state index contributed by atoms with van der Waals surface area (Å²) < 4.78 is 5.06. The Hall–Kier alpha value is -2.73.